The Kier molecular flexibility index (Phi) is 6.29. The molecule has 0 atom stereocenters. The lowest BCUT2D eigenvalue weighted by molar-refractivity contribution is 0.421. The van der Waals surface area contributed by atoms with Crippen molar-refractivity contribution < 1.29 is 0 Å². The second-order valence-electron chi connectivity index (χ2n) is 6.08. The Morgan fingerprint density at radius 2 is 1.74 bits per heavy atom. The number of rotatable bonds is 7. The average Bonchev–Trinajstić information content (AvgIpc) is 2.36. The Labute approximate surface area is 118 Å². The summed E-state index contributed by atoms with van der Waals surface area (Å²) in [6.07, 6.45) is 2.32. The van der Waals surface area contributed by atoms with Gasteiger partial charge in [0.1, 0.15) is 5.82 Å². The number of pyridine rings is 1. The largest absolute Gasteiger partial charge is 0.357 e. The van der Waals surface area contributed by atoms with Crippen molar-refractivity contribution in [2.24, 2.45) is 0 Å². The van der Waals surface area contributed by atoms with E-state index in [1.165, 1.54) is 0 Å². The van der Waals surface area contributed by atoms with Gasteiger partial charge in [0.2, 0.25) is 0 Å². The number of hydrogen-bond acceptors (Lipinski definition) is 3. The molecule has 1 aromatic heterocycles. The lowest BCUT2D eigenvalue weighted by Crippen LogP contribution is -2.35. The van der Waals surface area contributed by atoms with Crippen LogP contribution in [-0.2, 0) is 6.54 Å². The third-order valence-electron chi connectivity index (χ3n) is 2.90. The first-order valence-electron chi connectivity index (χ1n) is 7.42. The van der Waals surface area contributed by atoms with Crippen LogP contribution in [0.5, 0.6) is 0 Å². The topological polar surface area (TPSA) is 28.2 Å². The molecule has 0 amide bonds. The highest BCUT2D eigenvalue weighted by Gasteiger charge is 2.10. The Hall–Kier alpha value is -1.09. The summed E-state index contributed by atoms with van der Waals surface area (Å²) in [4.78, 5) is 7.15. The molecular weight excluding hydrogens is 234 g/mol. The molecule has 3 nitrogen and oxygen atoms in total. The first kappa shape index (κ1) is 16.0. The van der Waals surface area contributed by atoms with Crippen LogP contribution >= 0.6 is 0 Å². The third-order valence-corrected chi connectivity index (χ3v) is 2.90. The van der Waals surface area contributed by atoms with Crippen LogP contribution in [0.1, 0.15) is 53.2 Å². The van der Waals surface area contributed by atoms with Crippen LogP contribution in [0.25, 0.3) is 0 Å². The zero-order valence-corrected chi connectivity index (χ0v) is 13.2. The van der Waals surface area contributed by atoms with E-state index in [9.17, 15) is 0 Å². The summed E-state index contributed by atoms with van der Waals surface area (Å²) in [6, 6.07) is 6.32. The van der Waals surface area contributed by atoms with Crippen molar-refractivity contribution in [2.75, 3.05) is 18.0 Å². The fourth-order valence-electron chi connectivity index (χ4n) is 1.98. The van der Waals surface area contributed by atoms with Gasteiger partial charge in [0.05, 0.1) is 5.69 Å². The first-order chi connectivity index (χ1) is 8.96. The molecule has 1 aromatic rings. The Balaban J connectivity index is 2.74. The number of hydrogen-bond donors (Lipinski definition) is 1. The highest BCUT2D eigenvalue weighted by molar-refractivity contribution is 5.39. The van der Waals surface area contributed by atoms with Crippen molar-refractivity contribution in [1.29, 1.82) is 0 Å². The molecular formula is C16H29N3. The Morgan fingerprint density at radius 1 is 1.11 bits per heavy atom. The molecule has 0 unspecified atom stereocenters. The minimum Gasteiger partial charge on any atom is -0.357 e. The summed E-state index contributed by atoms with van der Waals surface area (Å²) < 4.78 is 0. The Bertz CT molecular complexity index is 363. The summed E-state index contributed by atoms with van der Waals surface area (Å²) in [7, 11) is 0. The first-order valence-corrected chi connectivity index (χ1v) is 7.42. The second kappa shape index (κ2) is 7.49. The summed E-state index contributed by atoms with van der Waals surface area (Å²) >= 11 is 0. The van der Waals surface area contributed by atoms with Gasteiger partial charge in [0.15, 0.2) is 0 Å². The van der Waals surface area contributed by atoms with Crippen LogP contribution in [0.2, 0.25) is 0 Å². The summed E-state index contributed by atoms with van der Waals surface area (Å²) in [5.41, 5.74) is 1.24. The van der Waals surface area contributed by atoms with E-state index in [0.29, 0.717) is 0 Å². The van der Waals surface area contributed by atoms with Gasteiger partial charge in [0.25, 0.3) is 0 Å². The van der Waals surface area contributed by atoms with Gasteiger partial charge < -0.3 is 10.2 Å². The quantitative estimate of drug-likeness (QED) is 0.814. The van der Waals surface area contributed by atoms with E-state index in [2.05, 4.69) is 63.0 Å². The monoisotopic (exact) mass is 263 g/mol. The highest BCUT2D eigenvalue weighted by atomic mass is 15.2. The van der Waals surface area contributed by atoms with Gasteiger partial charge >= 0.3 is 0 Å². The van der Waals surface area contributed by atoms with Crippen LogP contribution < -0.4 is 10.2 Å². The molecule has 108 valence electrons. The van der Waals surface area contributed by atoms with E-state index in [4.69, 9.17) is 4.98 Å². The molecule has 19 heavy (non-hydrogen) atoms. The zero-order valence-electron chi connectivity index (χ0n) is 13.2. The molecule has 0 bridgehead atoms. The van der Waals surface area contributed by atoms with E-state index in [1.807, 2.05) is 0 Å². The molecule has 1 N–H and O–H groups in total. The van der Waals surface area contributed by atoms with Gasteiger partial charge in [0, 0.05) is 25.2 Å². The van der Waals surface area contributed by atoms with Gasteiger partial charge in [-0.15, -0.1) is 0 Å². The molecule has 1 heterocycles. The van der Waals surface area contributed by atoms with E-state index < -0.39 is 0 Å². The van der Waals surface area contributed by atoms with E-state index in [1.54, 1.807) is 0 Å². The number of nitrogens with one attached hydrogen (secondary N) is 1. The van der Waals surface area contributed by atoms with E-state index >= 15 is 0 Å². The molecule has 0 aromatic carbocycles. The molecule has 0 fully saturated rings. The van der Waals surface area contributed by atoms with Crippen molar-refractivity contribution in [2.45, 2.75) is 59.5 Å². The fraction of sp³-hybridized carbons (Fsp3) is 0.688. The maximum Gasteiger partial charge on any atom is 0.128 e. The van der Waals surface area contributed by atoms with Crippen LogP contribution in [0.15, 0.2) is 18.2 Å². The molecule has 1 rings (SSSR count). The maximum atomic E-state index is 4.78. The molecule has 0 saturated heterocycles. The molecule has 0 aliphatic heterocycles. The third kappa shape index (κ3) is 6.06. The predicted molar refractivity (Wildman–Crippen MR) is 83.6 cm³/mol. The predicted octanol–water partition coefficient (Wildman–Crippen LogP) is 3.60. The van der Waals surface area contributed by atoms with Crippen LogP contribution in [-0.4, -0.2) is 23.6 Å². The summed E-state index contributed by atoms with van der Waals surface area (Å²) in [6.45, 7) is 13.9. The van der Waals surface area contributed by atoms with Crippen LogP contribution in [0, 0.1) is 0 Å². The van der Waals surface area contributed by atoms with Gasteiger partial charge in [-0.25, -0.2) is 4.98 Å². The SMILES string of the molecule is CCCN(CCC)c1cccc(CNC(C)(C)C)n1. The number of aromatic nitrogens is 1. The van der Waals surface area contributed by atoms with Crippen molar-refractivity contribution in [1.82, 2.24) is 10.3 Å². The molecule has 0 aliphatic rings. The van der Waals surface area contributed by atoms with Crippen molar-refractivity contribution in [3.63, 3.8) is 0 Å². The van der Waals surface area contributed by atoms with E-state index in [0.717, 1.165) is 44.0 Å². The van der Waals surface area contributed by atoms with E-state index in [-0.39, 0.29) is 5.54 Å². The summed E-state index contributed by atoms with van der Waals surface area (Å²) in [5, 5.41) is 3.49. The van der Waals surface area contributed by atoms with Crippen molar-refractivity contribution >= 4 is 5.82 Å². The molecule has 0 spiro atoms. The fourth-order valence-corrected chi connectivity index (χ4v) is 1.98. The van der Waals surface area contributed by atoms with Gasteiger partial charge in [-0.3, -0.25) is 0 Å². The molecule has 0 radical (unpaired) electrons. The lowest BCUT2D eigenvalue weighted by Gasteiger charge is -2.24. The smallest absolute Gasteiger partial charge is 0.128 e. The normalized spacial score (nSPS) is 11.6. The molecule has 0 saturated carbocycles. The van der Waals surface area contributed by atoms with Crippen molar-refractivity contribution in [3.05, 3.63) is 23.9 Å². The van der Waals surface area contributed by atoms with Crippen LogP contribution in [0.4, 0.5) is 5.82 Å². The standard InChI is InChI=1S/C16H29N3/c1-6-11-19(12-7-2)15-10-8-9-14(18-15)13-17-16(3,4)5/h8-10,17H,6-7,11-13H2,1-5H3. The minimum absolute atomic E-state index is 0.129. The van der Waals surface area contributed by atoms with Gasteiger partial charge in [-0.05, 0) is 45.7 Å². The van der Waals surface area contributed by atoms with Crippen molar-refractivity contribution in [3.8, 4) is 0 Å². The lowest BCUT2D eigenvalue weighted by atomic mass is 10.1. The maximum absolute atomic E-state index is 4.78. The van der Waals surface area contributed by atoms with Gasteiger partial charge in [-0.1, -0.05) is 19.9 Å². The highest BCUT2D eigenvalue weighted by Crippen LogP contribution is 2.13. The number of anilines is 1. The molecule has 0 aliphatic carbocycles. The molecule has 3 heteroatoms. The number of nitrogens with zero attached hydrogens (tertiary/aromatic N) is 2. The zero-order chi connectivity index (χ0) is 14.3. The minimum atomic E-state index is 0.129. The second-order valence-corrected chi connectivity index (χ2v) is 6.08. The van der Waals surface area contributed by atoms with Crippen LogP contribution in [0.3, 0.4) is 0 Å². The van der Waals surface area contributed by atoms with Gasteiger partial charge in [-0.2, -0.15) is 0 Å². The Morgan fingerprint density at radius 3 is 2.26 bits per heavy atom. The average molecular weight is 263 g/mol. The summed E-state index contributed by atoms with van der Waals surface area (Å²) in [5.74, 6) is 1.11.